The molecule has 0 unspecified atom stereocenters. The molecule has 24 heavy (non-hydrogen) atoms. The standard InChI is InChI=1S/C16H17ClN2O3S2/c17-13-7-5-12(6-8-13)16(20)18-11-14-3-1-9-19(14)24(21,22)15-4-2-10-23-15/h2,4-8,10,14H,1,3,9,11H2,(H,18,20)/t14-/m1/s1. The number of thiophene rings is 1. The maximum atomic E-state index is 12.7. The first kappa shape index (κ1) is 17.4. The van der Waals surface area contributed by atoms with Crippen molar-refractivity contribution in [3.63, 3.8) is 0 Å². The maximum absolute atomic E-state index is 12.7. The van der Waals surface area contributed by atoms with Crippen LogP contribution in [0.1, 0.15) is 23.2 Å². The van der Waals surface area contributed by atoms with Gasteiger partial charge in [-0.05, 0) is 48.6 Å². The Hall–Kier alpha value is -1.41. The Bertz CT molecular complexity index is 804. The van der Waals surface area contributed by atoms with Crippen LogP contribution in [0.4, 0.5) is 0 Å². The van der Waals surface area contributed by atoms with Crippen LogP contribution in [-0.4, -0.2) is 37.8 Å². The van der Waals surface area contributed by atoms with Gasteiger partial charge in [-0.2, -0.15) is 4.31 Å². The van der Waals surface area contributed by atoms with Gasteiger partial charge >= 0.3 is 0 Å². The first-order valence-corrected chi connectivity index (χ1v) is 10.3. The molecule has 5 nitrogen and oxygen atoms in total. The van der Waals surface area contributed by atoms with Gasteiger partial charge in [0.15, 0.2) is 0 Å². The number of amides is 1. The molecule has 1 N–H and O–H groups in total. The molecule has 1 aliphatic rings. The zero-order valence-corrected chi connectivity index (χ0v) is 15.2. The summed E-state index contributed by atoms with van der Waals surface area (Å²) in [5.41, 5.74) is 0.505. The van der Waals surface area contributed by atoms with E-state index in [0.29, 0.717) is 27.9 Å². The SMILES string of the molecule is O=C(NC[C@H]1CCCN1S(=O)(=O)c1cccs1)c1ccc(Cl)cc1. The molecule has 0 bridgehead atoms. The van der Waals surface area contributed by atoms with Gasteiger partial charge in [0.2, 0.25) is 0 Å². The van der Waals surface area contributed by atoms with Crippen LogP contribution < -0.4 is 5.32 Å². The summed E-state index contributed by atoms with van der Waals surface area (Å²) >= 11 is 7.02. The molecule has 8 heteroatoms. The summed E-state index contributed by atoms with van der Waals surface area (Å²) in [5, 5.41) is 5.14. The van der Waals surface area contributed by atoms with Crippen molar-refractivity contribution in [3.05, 3.63) is 52.4 Å². The normalized spacial score (nSPS) is 18.6. The second-order valence-electron chi connectivity index (χ2n) is 5.56. The number of nitrogens with one attached hydrogen (secondary N) is 1. The van der Waals surface area contributed by atoms with E-state index in [9.17, 15) is 13.2 Å². The average molecular weight is 385 g/mol. The molecule has 0 aliphatic carbocycles. The van der Waals surface area contributed by atoms with Crippen molar-refractivity contribution in [3.8, 4) is 0 Å². The highest BCUT2D eigenvalue weighted by Crippen LogP contribution is 2.28. The summed E-state index contributed by atoms with van der Waals surface area (Å²) in [6, 6.07) is 9.72. The van der Waals surface area contributed by atoms with Crippen LogP contribution >= 0.6 is 22.9 Å². The third kappa shape index (κ3) is 3.64. The quantitative estimate of drug-likeness (QED) is 0.861. The number of halogens is 1. The zero-order chi connectivity index (χ0) is 17.2. The van der Waals surface area contributed by atoms with Gasteiger partial charge in [0.05, 0.1) is 0 Å². The van der Waals surface area contributed by atoms with Gasteiger partial charge in [-0.1, -0.05) is 17.7 Å². The highest BCUT2D eigenvalue weighted by molar-refractivity contribution is 7.91. The second-order valence-corrected chi connectivity index (χ2v) is 9.06. The van der Waals surface area contributed by atoms with Crippen LogP contribution in [0.15, 0.2) is 46.0 Å². The topological polar surface area (TPSA) is 66.5 Å². The van der Waals surface area contributed by atoms with E-state index < -0.39 is 10.0 Å². The Morgan fingerprint density at radius 1 is 1.29 bits per heavy atom. The lowest BCUT2D eigenvalue weighted by atomic mass is 10.2. The van der Waals surface area contributed by atoms with Gasteiger partial charge < -0.3 is 5.32 Å². The number of sulfonamides is 1. The molecular weight excluding hydrogens is 368 g/mol. The molecule has 3 rings (SSSR count). The van der Waals surface area contributed by atoms with Crippen molar-refractivity contribution in [2.24, 2.45) is 0 Å². The Balaban J connectivity index is 1.66. The summed E-state index contributed by atoms with van der Waals surface area (Å²) in [7, 11) is -3.48. The van der Waals surface area contributed by atoms with Crippen LogP contribution in [0.5, 0.6) is 0 Å². The summed E-state index contributed by atoms with van der Waals surface area (Å²) < 4.78 is 27.2. The highest BCUT2D eigenvalue weighted by Gasteiger charge is 2.35. The van der Waals surface area contributed by atoms with Crippen molar-refractivity contribution in [2.45, 2.75) is 23.1 Å². The molecule has 1 aromatic carbocycles. The molecule has 1 aliphatic heterocycles. The Morgan fingerprint density at radius 3 is 2.71 bits per heavy atom. The van der Waals surface area contributed by atoms with Gasteiger partial charge in [-0.25, -0.2) is 8.42 Å². The molecule has 1 atom stereocenters. The molecule has 2 aromatic rings. The number of hydrogen-bond donors (Lipinski definition) is 1. The number of nitrogens with zero attached hydrogens (tertiary/aromatic N) is 1. The largest absolute Gasteiger partial charge is 0.350 e. The third-order valence-corrected chi connectivity index (χ3v) is 7.56. The molecule has 2 heterocycles. The zero-order valence-electron chi connectivity index (χ0n) is 12.8. The van der Waals surface area contributed by atoms with Crippen LogP contribution in [0.3, 0.4) is 0 Å². The first-order chi connectivity index (χ1) is 11.5. The Labute approximate surface area is 150 Å². The van der Waals surface area contributed by atoms with Gasteiger partial charge in [0, 0.05) is 29.7 Å². The Kier molecular flexibility index (Phi) is 5.24. The lowest BCUT2D eigenvalue weighted by Crippen LogP contribution is -2.42. The van der Waals surface area contributed by atoms with Gasteiger partial charge in [-0.3, -0.25) is 4.79 Å². The van der Waals surface area contributed by atoms with E-state index in [-0.39, 0.29) is 11.9 Å². The van der Waals surface area contributed by atoms with E-state index >= 15 is 0 Å². The fourth-order valence-electron chi connectivity index (χ4n) is 2.77. The fourth-order valence-corrected chi connectivity index (χ4v) is 5.71. The van der Waals surface area contributed by atoms with Crippen molar-refractivity contribution in [2.75, 3.05) is 13.1 Å². The van der Waals surface area contributed by atoms with Crippen LogP contribution in [0.2, 0.25) is 5.02 Å². The first-order valence-electron chi connectivity index (χ1n) is 7.57. The maximum Gasteiger partial charge on any atom is 0.252 e. The van der Waals surface area contributed by atoms with E-state index in [2.05, 4.69) is 5.32 Å². The van der Waals surface area contributed by atoms with E-state index in [1.807, 2.05) is 0 Å². The van der Waals surface area contributed by atoms with Gasteiger partial charge in [0.25, 0.3) is 15.9 Å². The van der Waals surface area contributed by atoms with Crippen LogP contribution in [0.25, 0.3) is 0 Å². The summed E-state index contributed by atoms with van der Waals surface area (Å²) in [5.74, 6) is -0.230. The number of hydrogen-bond acceptors (Lipinski definition) is 4. The summed E-state index contributed by atoms with van der Waals surface area (Å²) in [6.07, 6.45) is 1.54. The van der Waals surface area contributed by atoms with Crippen molar-refractivity contribution in [1.82, 2.24) is 9.62 Å². The molecule has 1 fully saturated rings. The van der Waals surface area contributed by atoms with Crippen molar-refractivity contribution < 1.29 is 13.2 Å². The number of benzene rings is 1. The fraction of sp³-hybridized carbons (Fsp3) is 0.312. The van der Waals surface area contributed by atoms with Crippen molar-refractivity contribution in [1.29, 1.82) is 0 Å². The molecule has 1 aromatic heterocycles. The highest BCUT2D eigenvalue weighted by atomic mass is 35.5. The minimum Gasteiger partial charge on any atom is -0.350 e. The van der Waals surface area contributed by atoms with Crippen molar-refractivity contribution >= 4 is 38.9 Å². The van der Waals surface area contributed by atoms with E-state index in [1.165, 1.54) is 15.6 Å². The molecule has 1 saturated heterocycles. The average Bonchev–Trinajstić information content (AvgIpc) is 3.25. The lowest BCUT2D eigenvalue weighted by Gasteiger charge is -2.23. The summed E-state index contributed by atoms with van der Waals surface area (Å²) in [6.45, 7) is 0.785. The number of carbonyl (C=O) groups excluding carboxylic acids is 1. The van der Waals surface area contributed by atoms with E-state index in [4.69, 9.17) is 11.6 Å². The van der Waals surface area contributed by atoms with Gasteiger partial charge in [0.1, 0.15) is 4.21 Å². The number of rotatable bonds is 5. The van der Waals surface area contributed by atoms with E-state index in [0.717, 1.165) is 12.8 Å². The second kappa shape index (κ2) is 7.23. The van der Waals surface area contributed by atoms with Crippen LogP contribution in [-0.2, 0) is 10.0 Å². The molecule has 0 spiro atoms. The van der Waals surface area contributed by atoms with Crippen LogP contribution in [0, 0.1) is 0 Å². The van der Waals surface area contributed by atoms with Gasteiger partial charge in [-0.15, -0.1) is 11.3 Å². The molecular formula is C16H17ClN2O3S2. The molecule has 1 amide bonds. The third-order valence-electron chi connectivity index (χ3n) is 3.99. The molecule has 0 saturated carbocycles. The number of carbonyl (C=O) groups is 1. The summed E-state index contributed by atoms with van der Waals surface area (Å²) in [4.78, 5) is 12.2. The monoisotopic (exact) mass is 384 g/mol. The Morgan fingerprint density at radius 2 is 2.04 bits per heavy atom. The predicted octanol–water partition coefficient (Wildman–Crippen LogP) is 2.98. The lowest BCUT2D eigenvalue weighted by molar-refractivity contribution is 0.0946. The predicted molar refractivity (Wildman–Crippen MR) is 95.0 cm³/mol. The minimum absolute atomic E-state index is 0.214. The minimum atomic E-state index is -3.48. The molecule has 128 valence electrons. The molecule has 0 radical (unpaired) electrons. The van der Waals surface area contributed by atoms with E-state index in [1.54, 1.807) is 41.8 Å². The smallest absolute Gasteiger partial charge is 0.252 e.